The van der Waals surface area contributed by atoms with Gasteiger partial charge in [-0.25, -0.2) is 9.59 Å². The van der Waals surface area contributed by atoms with Crippen LogP contribution in [0.2, 0.25) is 0 Å². The molecule has 0 aromatic heterocycles. The number of hydroxylamine groups is 2. The lowest BCUT2D eigenvalue weighted by Gasteiger charge is -2.23. The molecule has 0 aliphatic carbocycles. The highest BCUT2D eigenvalue weighted by atomic mass is 32.2. The first-order valence-electron chi connectivity index (χ1n) is 8.36. The Kier molecular flexibility index (Phi) is 8.54. The molecule has 1 rings (SSSR count). The monoisotopic (exact) mass is 403 g/mol. The molecule has 2 N–H and O–H groups in total. The van der Waals surface area contributed by atoms with Crippen LogP contribution < -0.4 is 10.6 Å². The molecule has 0 unspecified atom stereocenters. The summed E-state index contributed by atoms with van der Waals surface area (Å²) in [4.78, 5) is 63.4. The smallest absolute Gasteiger partial charge is 0.408 e. The second-order valence-electron chi connectivity index (χ2n) is 6.74. The first-order chi connectivity index (χ1) is 12.5. The number of carbonyl (C=O) groups is 5. The minimum atomic E-state index is -0.965. The molecule has 0 bridgehead atoms. The third kappa shape index (κ3) is 8.29. The number of nitrogens with one attached hydrogen (secondary N) is 2. The quantitative estimate of drug-likeness (QED) is 0.555. The predicted octanol–water partition coefficient (Wildman–Crippen LogP) is 0.356. The Morgan fingerprint density at radius 2 is 1.78 bits per heavy atom. The van der Waals surface area contributed by atoms with Gasteiger partial charge in [0.2, 0.25) is 5.91 Å². The lowest BCUT2D eigenvalue weighted by molar-refractivity contribution is -0.196. The Morgan fingerprint density at radius 3 is 2.30 bits per heavy atom. The molecule has 0 aromatic carbocycles. The van der Waals surface area contributed by atoms with E-state index in [-0.39, 0.29) is 12.8 Å². The molecule has 152 valence electrons. The van der Waals surface area contributed by atoms with E-state index in [1.807, 2.05) is 6.26 Å². The molecule has 0 saturated carbocycles. The number of nitrogens with zero attached hydrogens (tertiary/aromatic N) is 1. The number of hydrogen-bond acceptors (Lipinski definition) is 8. The van der Waals surface area contributed by atoms with Crippen molar-refractivity contribution in [1.82, 2.24) is 15.7 Å². The van der Waals surface area contributed by atoms with Gasteiger partial charge in [-0.3, -0.25) is 14.4 Å². The van der Waals surface area contributed by atoms with Crippen LogP contribution in [-0.4, -0.2) is 65.0 Å². The van der Waals surface area contributed by atoms with E-state index in [1.165, 1.54) is 11.8 Å². The number of imide groups is 1. The van der Waals surface area contributed by atoms with Crippen molar-refractivity contribution >= 4 is 41.5 Å². The van der Waals surface area contributed by atoms with Gasteiger partial charge in [0.05, 0.1) is 0 Å². The van der Waals surface area contributed by atoms with Gasteiger partial charge in [0.25, 0.3) is 11.8 Å². The molecule has 0 aromatic rings. The van der Waals surface area contributed by atoms with Crippen molar-refractivity contribution < 1.29 is 33.5 Å². The predicted molar refractivity (Wildman–Crippen MR) is 96.3 cm³/mol. The maximum Gasteiger partial charge on any atom is 0.408 e. The van der Waals surface area contributed by atoms with Gasteiger partial charge in [-0.05, 0) is 39.2 Å². The number of rotatable bonds is 8. The first-order valence-corrected chi connectivity index (χ1v) is 9.75. The van der Waals surface area contributed by atoms with Gasteiger partial charge in [0.15, 0.2) is 0 Å². The van der Waals surface area contributed by atoms with Crippen LogP contribution in [0.5, 0.6) is 0 Å². The van der Waals surface area contributed by atoms with Crippen molar-refractivity contribution in [3.8, 4) is 0 Å². The average molecular weight is 403 g/mol. The van der Waals surface area contributed by atoms with Crippen LogP contribution in [0, 0.1) is 0 Å². The van der Waals surface area contributed by atoms with E-state index in [0.717, 1.165) is 0 Å². The molecule has 1 aliphatic rings. The van der Waals surface area contributed by atoms with Crippen molar-refractivity contribution in [3.05, 3.63) is 0 Å². The van der Waals surface area contributed by atoms with Gasteiger partial charge < -0.3 is 20.2 Å². The second-order valence-corrected chi connectivity index (χ2v) is 7.73. The minimum Gasteiger partial charge on any atom is -0.444 e. The molecule has 1 aliphatic heterocycles. The summed E-state index contributed by atoms with van der Waals surface area (Å²) in [5, 5.41) is 5.18. The van der Waals surface area contributed by atoms with E-state index < -0.39 is 48.0 Å². The highest BCUT2D eigenvalue weighted by Crippen LogP contribution is 2.12. The number of thioether (sulfide) groups is 1. The van der Waals surface area contributed by atoms with Crippen molar-refractivity contribution in [1.29, 1.82) is 0 Å². The molecule has 11 heteroatoms. The SMILES string of the molecule is CSCC[C@@H](NC(=O)OC(C)(C)C)C(=O)NCC(=O)ON1C(=O)CCC1=O. The Hall–Kier alpha value is -2.30. The highest BCUT2D eigenvalue weighted by molar-refractivity contribution is 7.98. The summed E-state index contributed by atoms with van der Waals surface area (Å²) in [5.41, 5.74) is -0.719. The Bertz CT molecular complexity index is 587. The first kappa shape index (κ1) is 22.7. The topological polar surface area (TPSA) is 131 Å². The summed E-state index contributed by atoms with van der Waals surface area (Å²) in [5.74, 6) is -2.19. The molecule has 4 amide bonds. The van der Waals surface area contributed by atoms with E-state index in [0.29, 0.717) is 17.2 Å². The number of alkyl carbamates (subject to hydrolysis) is 1. The fourth-order valence-corrected chi connectivity index (χ4v) is 2.50. The lowest BCUT2D eigenvalue weighted by Crippen LogP contribution is -2.49. The van der Waals surface area contributed by atoms with Gasteiger partial charge in [0, 0.05) is 12.8 Å². The van der Waals surface area contributed by atoms with Crippen LogP contribution in [0.1, 0.15) is 40.0 Å². The van der Waals surface area contributed by atoms with E-state index in [2.05, 4.69) is 15.5 Å². The van der Waals surface area contributed by atoms with Gasteiger partial charge in [-0.15, -0.1) is 5.06 Å². The van der Waals surface area contributed by atoms with Crippen LogP contribution in [0.3, 0.4) is 0 Å². The van der Waals surface area contributed by atoms with Gasteiger partial charge in [-0.2, -0.15) is 11.8 Å². The highest BCUT2D eigenvalue weighted by Gasteiger charge is 2.33. The standard InChI is InChI=1S/C16H25N3O7S/c1-16(2,3)25-15(24)18-10(7-8-27-4)14(23)17-9-13(22)26-19-11(20)5-6-12(19)21/h10H,5-9H2,1-4H3,(H,17,23)(H,18,24)/t10-/m1/s1. The zero-order valence-electron chi connectivity index (χ0n) is 15.8. The fourth-order valence-electron chi connectivity index (χ4n) is 2.03. The molecule has 1 heterocycles. The largest absolute Gasteiger partial charge is 0.444 e. The van der Waals surface area contributed by atoms with Gasteiger partial charge >= 0.3 is 12.1 Å². The normalized spacial score (nSPS) is 15.3. The summed E-state index contributed by atoms with van der Waals surface area (Å²) in [6.45, 7) is 4.53. The molecule has 10 nitrogen and oxygen atoms in total. The summed E-state index contributed by atoms with van der Waals surface area (Å²) < 4.78 is 5.13. The lowest BCUT2D eigenvalue weighted by atomic mass is 10.2. The summed E-state index contributed by atoms with van der Waals surface area (Å²) in [6, 6.07) is -0.907. The van der Waals surface area contributed by atoms with Gasteiger partial charge in [0.1, 0.15) is 18.2 Å². The number of carbonyl (C=O) groups excluding carboxylic acids is 5. The minimum absolute atomic E-state index is 0.0188. The van der Waals surface area contributed by atoms with E-state index in [1.54, 1.807) is 20.8 Å². The third-order valence-corrected chi connectivity index (χ3v) is 3.87. The zero-order chi connectivity index (χ0) is 20.6. The molecule has 1 saturated heterocycles. The average Bonchev–Trinajstić information content (AvgIpc) is 2.86. The fraction of sp³-hybridized carbons (Fsp3) is 0.688. The number of amides is 4. The molecule has 1 atom stereocenters. The van der Waals surface area contributed by atoms with Crippen LogP contribution in [0.15, 0.2) is 0 Å². The van der Waals surface area contributed by atoms with E-state index in [9.17, 15) is 24.0 Å². The molecule has 0 spiro atoms. The van der Waals surface area contributed by atoms with Crippen molar-refractivity contribution in [3.63, 3.8) is 0 Å². The second kappa shape index (κ2) is 10.1. The maximum atomic E-state index is 12.3. The molecular formula is C16H25N3O7S. The summed E-state index contributed by atoms with van der Waals surface area (Å²) >= 11 is 1.49. The van der Waals surface area contributed by atoms with Crippen molar-refractivity contribution in [2.75, 3.05) is 18.6 Å². The molecule has 0 radical (unpaired) electrons. The number of hydrogen-bond donors (Lipinski definition) is 2. The Balaban J connectivity index is 2.54. The molecule has 27 heavy (non-hydrogen) atoms. The van der Waals surface area contributed by atoms with Gasteiger partial charge in [-0.1, -0.05) is 0 Å². The third-order valence-electron chi connectivity index (χ3n) is 3.22. The maximum absolute atomic E-state index is 12.3. The Labute approximate surface area is 161 Å². The summed E-state index contributed by atoms with van der Waals surface area (Å²) in [6.07, 6.45) is 1.39. The zero-order valence-corrected chi connectivity index (χ0v) is 16.6. The van der Waals surface area contributed by atoms with Crippen LogP contribution >= 0.6 is 11.8 Å². The van der Waals surface area contributed by atoms with Crippen LogP contribution in [-0.2, 0) is 28.8 Å². The van der Waals surface area contributed by atoms with E-state index in [4.69, 9.17) is 4.74 Å². The van der Waals surface area contributed by atoms with Crippen LogP contribution in [0.25, 0.3) is 0 Å². The van der Waals surface area contributed by atoms with Crippen molar-refractivity contribution in [2.24, 2.45) is 0 Å². The molecular weight excluding hydrogens is 378 g/mol. The summed E-state index contributed by atoms with van der Waals surface area (Å²) in [7, 11) is 0. The van der Waals surface area contributed by atoms with E-state index >= 15 is 0 Å². The van der Waals surface area contributed by atoms with Crippen LogP contribution in [0.4, 0.5) is 4.79 Å². The number of ether oxygens (including phenoxy) is 1. The van der Waals surface area contributed by atoms with Crippen molar-refractivity contribution in [2.45, 2.75) is 51.7 Å². The molecule has 1 fully saturated rings. The Morgan fingerprint density at radius 1 is 1.19 bits per heavy atom.